The highest BCUT2D eigenvalue weighted by Crippen LogP contribution is 2.36. The zero-order valence-corrected chi connectivity index (χ0v) is 17.1. The monoisotopic (exact) mass is 432 g/mol. The van der Waals surface area contributed by atoms with Gasteiger partial charge in [-0.2, -0.15) is 17.5 Å². The lowest BCUT2D eigenvalue weighted by Crippen LogP contribution is -2.44. The molecule has 1 saturated heterocycles. The molecule has 2 aliphatic rings. The van der Waals surface area contributed by atoms with Gasteiger partial charge in [0.25, 0.3) is 0 Å². The van der Waals surface area contributed by atoms with Gasteiger partial charge in [0, 0.05) is 25.6 Å². The lowest BCUT2D eigenvalue weighted by molar-refractivity contribution is -0.139. The summed E-state index contributed by atoms with van der Waals surface area (Å²) >= 11 is 0. The Hall–Kier alpha value is -1.61. The molecule has 1 aromatic rings. The quantitative estimate of drug-likeness (QED) is 0.770. The van der Waals surface area contributed by atoms with E-state index >= 15 is 0 Å². The molecule has 0 atom stereocenters. The molecule has 3 rings (SSSR count). The maximum absolute atomic E-state index is 13.2. The number of carbonyl (C=O) groups excluding carboxylic acids is 1. The van der Waals surface area contributed by atoms with E-state index in [1.165, 1.54) is 31.4 Å². The minimum absolute atomic E-state index is 0.0377. The van der Waals surface area contributed by atoms with Crippen LogP contribution in [-0.4, -0.2) is 38.3 Å². The Labute approximate surface area is 169 Å². The maximum atomic E-state index is 13.2. The van der Waals surface area contributed by atoms with Crippen LogP contribution in [0.25, 0.3) is 0 Å². The predicted octanol–water partition coefficient (Wildman–Crippen LogP) is 3.80. The van der Waals surface area contributed by atoms with E-state index in [9.17, 15) is 26.4 Å². The van der Waals surface area contributed by atoms with Crippen LogP contribution < -0.4 is 5.32 Å². The second-order valence-electron chi connectivity index (χ2n) is 7.92. The number of nitrogens with one attached hydrogen (secondary N) is 1. The average molecular weight is 433 g/mol. The fourth-order valence-electron chi connectivity index (χ4n) is 4.20. The van der Waals surface area contributed by atoms with Crippen molar-refractivity contribution in [1.82, 2.24) is 9.62 Å². The highest BCUT2D eigenvalue weighted by Gasteiger charge is 2.40. The number of halogens is 3. The predicted molar refractivity (Wildman–Crippen MR) is 103 cm³/mol. The lowest BCUT2D eigenvalue weighted by atomic mass is 9.89. The molecule has 2 fully saturated rings. The molecule has 0 unspecified atom stereocenters. The third-order valence-corrected chi connectivity index (χ3v) is 7.88. The van der Waals surface area contributed by atoms with Crippen molar-refractivity contribution in [2.24, 2.45) is 11.8 Å². The van der Waals surface area contributed by atoms with Crippen molar-refractivity contribution in [3.8, 4) is 0 Å². The number of hydrogen-bond donors (Lipinski definition) is 1. The van der Waals surface area contributed by atoms with Crippen LogP contribution in [0.5, 0.6) is 0 Å². The summed E-state index contributed by atoms with van der Waals surface area (Å²) in [7, 11) is -4.27. The molecule has 0 bridgehead atoms. The number of benzene rings is 1. The second-order valence-corrected chi connectivity index (χ2v) is 9.83. The van der Waals surface area contributed by atoms with Gasteiger partial charge < -0.3 is 5.32 Å². The van der Waals surface area contributed by atoms with Gasteiger partial charge in [0.1, 0.15) is 0 Å². The lowest BCUT2D eigenvalue weighted by Gasteiger charge is -2.31. The molecule has 0 spiro atoms. The summed E-state index contributed by atoms with van der Waals surface area (Å²) < 4.78 is 66.3. The molecule has 1 amide bonds. The molecule has 29 heavy (non-hydrogen) atoms. The van der Waals surface area contributed by atoms with Crippen molar-refractivity contribution >= 4 is 15.9 Å². The first kappa shape index (κ1) is 22.1. The SMILES string of the molecule is O=C(NCC1CCCCC1)C1CCN(S(=O)(=O)c2ccccc2C(F)(F)F)CC1. The topological polar surface area (TPSA) is 66.5 Å². The average Bonchev–Trinajstić information content (AvgIpc) is 2.72. The molecule has 1 saturated carbocycles. The number of sulfonamides is 1. The number of alkyl halides is 3. The molecule has 1 aromatic carbocycles. The first-order chi connectivity index (χ1) is 13.7. The number of amides is 1. The van der Waals surface area contributed by atoms with Crippen LogP contribution in [0, 0.1) is 11.8 Å². The summed E-state index contributed by atoms with van der Waals surface area (Å²) in [4.78, 5) is 11.7. The third kappa shape index (κ3) is 5.31. The summed E-state index contributed by atoms with van der Waals surface area (Å²) in [5.41, 5.74) is -1.16. The summed E-state index contributed by atoms with van der Waals surface area (Å²) in [6, 6.07) is 4.22. The molecule has 5 nitrogen and oxygen atoms in total. The van der Waals surface area contributed by atoms with Gasteiger partial charge in [-0.05, 0) is 43.7 Å². The van der Waals surface area contributed by atoms with Crippen molar-refractivity contribution in [1.29, 1.82) is 0 Å². The van der Waals surface area contributed by atoms with Crippen molar-refractivity contribution in [2.75, 3.05) is 19.6 Å². The van der Waals surface area contributed by atoms with Gasteiger partial charge in [0.2, 0.25) is 15.9 Å². The van der Waals surface area contributed by atoms with Gasteiger partial charge in [0.05, 0.1) is 10.5 Å². The number of carbonyl (C=O) groups is 1. The minimum atomic E-state index is -4.75. The molecule has 1 N–H and O–H groups in total. The maximum Gasteiger partial charge on any atom is 0.417 e. The smallest absolute Gasteiger partial charge is 0.356 e. The standard InChI is InChI=1S/C20H27F3N2O3S/c21-20(22,23)17-8-4-5-9-18(17)29(27,28)25-12-10-16(11-13-25)19(26)24-14-15-6-2-1-3-7-15/h4-5,8-9,15-16H,1-3,6-7,10-14H2,(H,24,26). The van der Waals surface area contributed by atoms with Crippen molar-refractivity contribution in [3.05, 3.63) is 29.8 Å². The molecule has 1 aliphatic heterocycles. The summed E-state index contributed by atoms with van der Waals surface area (Å²) in [5, 5.41) is 2.98. The van der Waals surface area contributed by atoms with Gasteiger partial charge in [-0.25, -0.2) is 8.42 Å². The van der Waals surface area contributed by atoms with Crippen LogP contribution in [0.4, 0.5) is 13.2 Å². The molecule has 1 aliphatic carbocycles. The summed E-state index contributed by atoms with van der Waals surface area (Å²) in [5.74, 6) is 0.123. The normalized spacial score (nSPS) is 20.5. The third-order valence-electron chi connectivity index (χ3n) is 5.92. The van der Waals surface area contributed by atoms with E-state index in [1.54, 1.807) is 0 Å². The van der Waals surface area contributed by atoms with Gasteiger partial charge >= 0.3 is 6.18 Å². The van der Waals surface area contributed by atoms with Crippen LogP contribution in [0.3, 0.4) is 0 Å². The first-order valence-corrected chi connectivity index (χ1v) is 11.6. The van der Waals surface area contributed by atoms with E-state index in [-0.39, 0.29) is 24.9 Å². The zero-order valence-electron chi connectivity index (χ0n) is 16.2. The molecule has 9 heteroatoms. The van der Waals surface area contributed by atoms with Crippen LogP contribution in [0.2, 0.25) is 0 Å². The van der Waals surface area contributed by atoms with Crippen LogP contribution in [0.1, 0.15) is 50.5 Å². The number of hydrogen-bond acceptors (Lipinski definition) is 3. The molecule has 1 heterocycles. The summed E-state index contributed by atoms with van der Waals surface area (Å²) in [6.07, 6.45) is 1.74. The Morgan fingerprint density at radius 2 is 1.66 bits per heavy atom. The summed E-state index contributed by atoms with van der Waals surface area (Å²) in [6.45, 7) is 0.725. The van der Waals surface area contributed by atoms with Gasteiger partial charge in [-0.1, -0.05) is 31.4 Å². The zero-order chi connectivity index (χ0) is 21.1. The van der Waals surface area contributed by atoms with E-state index in [0.29, 0.717) is 25.3 Å². The molecule has 0 radical (unpaired) electrons. The van der Waals surface area contributed by atoms with Crippen molar-refractivity contribution in [2.45, 2.75) is 56.0 Å². The van der Waals surface area contributed by atoms with E-state index in [0.717, 1.165) is 29.3 Å². The van der Waals surface area contributed by atoms with E-state index in [1.807, 2.05) is 0 Å². The van der Waals surface area contributed by atoms with Crippen LogP contribution >= 0.6 is 0 Å². The van der Waals surface area contributed by atoms with Gasteiger partial charge in [-0.15, -0.1) is 0 Å². The highest BCUT2D eigenvalue weighted by molar-refractivity contribution is 7.89. The highest BCUT2D eigenvalue weighted by atomic mass is 32.2. The van der Waals surface area contributed by atoms with Crippen LogP contribution in [0.15, 0.2) is 29.2 Å². The largest absolute Gasteiger partial charge is 0.417 e. The Bertz CT molecular complexity index is 813. The van der Waals surface area contributed by atoms with Gasteiger partial charge in [0.15, 0.2) is 0 Å². The van der Waals surface area contributed by atoms with Crippen molar-refractivity contribution in [3.63, 3.8) is 0 Å². The van der Waals surface area contributed by atoms with Crippen molar-refractivity contribution < 1.29 is 26.4 Å². The molecule has 162 valence electrons. The Morgan fingerprint density at radius 1 is 1.03 bits per heavy atom. The minimum Gasteiger partial charge on any atom is -0.356 e. The number of nitrogens with zero attached hydrogens (tertiary/aromatic N) is 1. The van der Waals surface area contributed by atoms with Crippen LogP contribution in [-0.2, 0) is 21.0 Å². The molecular formula is C20H27F3N2O3S. The Kier molecular flexibility index (Phi) is 6.88. The number of rotatable bonds is 5. The van der Waals surface area contributed by atoms with Gasteiger partial charge in [-0.3, -0.25) is 4.79 Å². The van der Waals surface area contributed by atoms with E-state index < -0.39 is 26.7 Å². The second kappa shape index (κ2) is 9.04. The number of piperidine rings is 1. The fraction of sp³-hybridized carbons (Fsp3) is 0.650. The van der Waals surface area contributed by atoms with E-state index in [4.69, 9.17) is 0 Å². The molecular weight excluding hydrogens is 405 g/mol. The fourth-order valence-corrected chi connectivity index (χ4v) is 5.89. The first-order valence-electron chi connectivity index (χ1n) is 10.1. The molecule has 0 aromatic heterocycles. The Balaban J connectivity index is 1.59. The Morgan fingerprint density at radius 3 is 2.28 bits per heavy atom. The van der Waals surface area contributed by atoms with E-state index in [2.05, 4.69) is 5.32 Å².